The highest BCUT2D eigenvalue weighted by Gasteiger charge is 2.02. The lowest BCUT2D eigenvalue weighted by atomic mass is 10.1. The lowest BCUT2D eigenvalue weighted by Crippen LogP contribution is -1.94. The average Bonchev–Trinajstić information content (AvgIpc) is 2.40. The van der Waals surface area contributed by atoms with Crippen LogP contribution in [0.4, 0.5) is 11.4 Å². The molecule has 3 nitrogen and oxygen atoms in total. The third kappa shape index (κ3) is 2.61. The van der Waals surface area contributed by atoms with E-state index in [0.29, 0.717) is 5.56 Å². The molecule has 0 unspecified atom stereocenters. The normalized spacial score (nSPS) is 9.61. The van der Waals surface area contributed by atoms with Crippen LogP contribution in [0.15, 0.2) is 42.5 Å². The predicted molar refractivity (Wildman–Crippen MR) is 72.2 cm³/mol. The quantitative estimate of drug-likeness (QED) is 0.888. The minimum Gasteiger partial charge on any atom is -0.497 e. The van der Waals surface area contributed by atoms with Crippen molar-refractivity contribution >= 4 is 11.4 Å². The van der Waals surface area contributed by atoms with Crippen LogP contribution in [0.5, 0.6) is 5.75 Å². The molecule has 2 rings (SSSR count). The second-order valence-electron chi connectivity index (χ2n) is 4.01. The van der Waals surface area contributed by atoms with Gasteiger partial charge in [0.25, 0.3) is 0 Å². The number of hydrogen-bond acceptors (Lipinski definition) is 3. The molecule has 0 aliphatic carbocycles. The lowest BCUT2D eigenvalue weighted by Gasteiger charge is -2.09. The molecule has 18 heavy (non-hydrogen) atoms. The Balaban J connectivity index is 2.27. The highest BCUT2D eigenvalue weighted by atomic mass is 16.5. The summed E-state index contributed by atoms with van der Waals surface area (Å²) in [4.78, 5) is 0. The van der Waals surface area contributed by atoms with Gasteiger partial charge in [-0.1, -0.05) is 6.07 Å². The van der Waals surface area contributed by atoms with E-state index in [-0.39, 0.29) is 0 Å². The Morgan fingerprint density at radius 3 is 2.44 bits per heavy atom. The summed E-state index contributed by atoms with van der Waals surface area (Å²) in [6, 6.07) is 15.5. The van der Waals surface area contributed by atoms with Crippen LogP contribution in [0.25, 0.3) is 0 Å². The number of nitrogens with one attached hydrogen (secondary N) is 1. The monoisotopic (exact) mass is 238 g/mol. The Bertz CT molecular complexity index is 582. The molecule has 0 saturated heterocycles. The molecule has 0 amide bonds. The molecule has 0 saturated carbocycles. The van der Waals surface area contributed by atoms with Crippen LogP contribution in [0.2, 0.25) is 0 Å². The fourth-order valence-corrected chi connectivity index (χ4v) is 1.69. The molecule has 90 valence electrons. The Hall–Kier alpha value is -2.47. The fraction of sp³-hybridized carbons (Fsp3) is 0.133. The molecule has 1 N–H and O–H groups in total. The summed E-state index contributed by atoms with van der Waals surface area (Å²) in [5, 5.41) is 12.3. The molecule has 0 fully saturated rings. The van der Waals surface area contributed by atoms with Gasteiger partial charge in [0.05, 0.1) is 18.4 Å². The molecule has 0 heterocycles. The molecule has 0 aliphatic heterocycles. The van der Waals surface area contributed by atoms with Gasteiger partial charge in [0.15, 0.2) is 0 Å². The van der Waals surface area contributed by atoms with E-state index >= 15 is 0 Å². The number of rotatable bonds is 3. The number of nitriles is 1. The van der Waals surface area contributed by atoms with Gasteiger partial charge in [0.1, 0.15) is 11.8 Å². The molecule has 3 heteroatoms. The number of anilines is 2. The van der Waals surface area contributed by atoms with Crippen molar-refractivity contribution in [2.75, 3.05) is 12.4 Å². The molecule has 0 aromatic heterocycles. The zero-order valence-corrected chi connectivity index (χ0v) is 10.4. The zero-order valence-electron chi connectivity index (χ0n) is 10.4. The fourth-order valence-electron chi connectivity index (χ4n) is 1.69. The molecule has 0 aliphatic rings. The molecule has 0 atom stereocenters. The molecule has 0 bridgehead atoms. The van der Waals surface area contributed by atoms with Crippen LogP contribution in [-0.2, 0) is 0 Å². The maximum atomic E-state index is 9.06. The number of benzene rings is 2. The third-order valence-electron chi connectivity index (χ3n) is 2.66. The van der Waals surface area contributed by atoms with E-state index < -0.39 is 0 Å². The van der Waals surface area contributed by atoms with Crippen LogP contribution in [0.3, 0.4) is 0 Å². The second-order valence-corrected chi connectivity index (χ2v) is 4.01. The first-order valence-electron chi connectivity index (χ1n) is 5.65. The third-order valence-corrected chi connectivity index (χ3v) is 2.66. The highest BCUT2D eigenvalue weighted by molar-refractivity contribution is 5.67. The van der Waals surface area contributed by atoms with Gasteiger partial charge in [-0.3, -0.25) is 0 Å². The average molecular weight is 238 g/mol. The van der Waals surface area contributed by atoms with Gasteiger partial charge in [0.2, 0.25) is 0 Å². The van der Waals surface area contributed by atoms with E-state index in [1.54, 1.807) is 7.11 Å². The Morgan fingerprint density at radius 2 is 1.83 bits per heavy atom. The van der Waals surface area contributed by atoms with Crippen LogP contribution in [0.1, 0.15) is 11.1 Å². The minimum atomic E-state index is 0.636. The van der Waals surface area contributed by atoms with Gasteiger partial charge in [0, 0.05) is 5.69 Å². The maximum absolute atomic E-state index is 9.06. The molecule has 0 spiro atoms. The topological polar surface area (TPSA) is 45.0 Å². The van der Waals surface area contributed by atoms with Crippen molar-refractivity contribution < 1.29 is 4.74 Å². The first-order valence-corrected chi connectivity index (χ1v) is 5.65. The van der Waals surface area contributed by atoms with Crippen molar-refractivity contribution in [3.8, 4) is 11.8 Å². The van der Waals surface area contributed by atoms with E-state index in [0.717, 1.165) is 22.7 Å². The van der Waals surface area contributed by atoms with Gasteiger partial charge in [-0.05, 0) is 48.9 Å². The summed E-state index contributed by atoms with van der Waals surface area (Å²) in [5.41, 5.74) is 3.50. The van der Waals surface area contributed by atoms with Gasteiger partial charge >= 0.3 is 0 Å². The van der Waals surface area contributed by atoms with Gasteiger partial charge in [-0.15, -0.1) is 0 Å². The Kier molecular flexibility index (Phi) is 3.49. The number of ether oxygens (including phenoxy) is 1. The van der Waals surface area contributed by atoms with Crippen LogP contribution in [-0.4, -0.2) is 7.11 Å². The van der Waals surface area contributed by atoms with Gasteiger partial charge < -0.3 is 10.1 Å². The van der Waals surface area contributed by atoms with Crippen LogP contribution >= 0.6 is 0 Å². The van der Waals surface area contributed by atoms with E-state index in [1.165, 1.54) is 0 Å². The number of methoxy groups -OCH3 is 1. The van der Waals surface area contributed by atoms with E-state index in [1.807, 2.05) is 49.4 Å². The Morgan fingerprint density at radius 1 is 1.11 bits per heavy atom. The molecular weight excluding hydrogens is 224 g/mol. The maximum Gasteiger partial charge on any atom is 0.119 e. The number of hydrogen-bond donors (Lipinski definition) is 1. The van der Waals surface area contributed by atoms with Crippen molar-refractivity contribution in [3.63, 3.8) is 0 Å². The van der Waals surface area contributed by atoms with Crippen molar-refractivity contribution in [2.24, 2.45) is 0 Å². The van der Waals surface area contributed by atoms with Crippen molar-refractivity contribution in [1.82, 2.24) is 0 Å². The second kappa shape index (κ2) is 5.24. The van der Waals surface area contributed by atoms with Crippen molar-refractivity contribution in [2.45, 2.75) is 6.92 Å². The number of aryl methyl sites for hydroxylation is 1. The molecule has 0 radical (unpaired) electrons. The first-order chi connectivity index (χ1) is 8.72. The van der Waals surface area contributed by atoms with Crippen LogP contribution in [0, 0.1) is 18.3 Å². The van der Waals surface area contributed by atoms with Crippen molar-refractivity contribution in [1.29, 1.82) is 5.26 Å². The first kappa shape index (κ1) is 12.0. The van der Waals surface area contributed by atoms with E-state index in [9.17, 15) is 0 Å². The van der Waals surface area contributed by atoms with Crippen LogP contribution < -0.4 is 10.1 Å². The zero-order chi connectivity index (χ0) is 13.0. The van der Waals surface area contributed by atoms with Gasteiger partial charge in [-0.2, -0.15) is 5.26 Å². The summed E-state index contributed by atoms with van der Waals surface area (Å²) in [6.07, 6.45) is 0. The minimum absolute atomic E-state index is 0.636. The van der Waals surface area contributed by atoms with Gasteiger partial charge in [-0.25, -0.2) is 0 Å². The smallest absolute Gasteiger partial charge is 0.119 e. The molecule has 2 aromatic rings. The standard InChI is InChI=1S/C15H14N2O/c1-11-3-4-12(10-16)15(9-11)17-13-5-7-14(18-2)8-6-13/h3-9,17H,1-2H3. The highest BCUT2D eigenvalue weighted by Crippen LogP contribution is 2.23. The SMILES string of the molecule is COc1ccc(Nc2cc(C)ccc2C#N)cc1. The molecule has 2 aromatic carbocycles. The largest absolute Gasteiger partial charge is 0.497 e. The summed E-state index contributed by atoms with van der Waals surface area (Å²) in [5.74, 6) is 0.810. The summed E-state index contributed by atoms with van der Waals surface area (Å²) in [7, 11) is 1.64. The Labute approximate surface area is 107 Å². The lowest BCUT2D eigenvalue weighted by molar-refractivity contribution is 0.415. The molecular formula is C15H14N2O. The number of nitrogens with zero attached hydrogens (tertiary/aromatic N) is 1. The summed E-state index contributed by atoms with van der Waals surface area (Å²) < 4.78 is 5.10. The van der Waals surface area contributed by atoms with Crippen molar-refractivity contribution in [3.05, 3.63) is 53.6 Å². The summed E-state index contributed by atoms with van der Waals surface area (Å²) in [6.45, 7) is 2.00. The summed E-state index contributed by atoms with van der Waals surface area (Å²) >= 11 is 0. The predicted octanol–water partition coefficient (Wildman–Crippen LogP) is 3.62. The van der Waals surface area contributed by atoms with E-state index in [4.69, 9.17) is 10.00 Å². The van der Waals surface area contributed by atoms with E-state index in [2.05, 4.69) is 11.4 Å².